The summed E-state index contributed by atoms with van der Waals surface area (Å²) in [7, 11) is 0. The highest BCUT2D eigenvalue weighted by Crippen LogP contribution is 2.36. The highest BCUT2D eigenvalue weighted by Gasteiger charge is 2.38. The third-order valence-corrected chi connectivity index (χ3v) is 2.52. The third-order valence-electron chi connectivity index (χ3n) is 2.52. The molecule has 82 valence electrons. The van der Waals surface area contributed by atoms with E-state index in [1.807, 2.05) is 0 Å². The zero-order valence-corrected chi connectivity index (χ0v) is 7.79. The van der Waals surface area contributed by atoms with Crippen LogP contribution >= 0.6 is 0 Å². The van der Waals surface area contributed by atoms with Gasteiger partial charge >= 0.3 is 6.18 Å². The Morgan fingerprint density at radius 2 is 1.93 bits per heavy atom. The van der Waals surface area contributed by atoms with Crippen molar-refractivity contribution in [1.29, 1.82) is 0 Å². The molecule has 0 saturated carbocycles. The monoisotopic (exact) mass is 219 g/mol. The Bertz CT molecular complexity index is 384. The van der Waals surface area contributed by atoms with Gasteiger partial charge in [-0.25, -0.2) is 4.39 Å². The summed E-state index contributed by atoms with van der Waals surface area (Å²) in [5, 5.41) is 2.81. The molecule has 1 N–H and O–H groups in total. The average molecular weight is 219 g/mol. The summed E-state index contributed by atoms with van der Waals surface area (Å²) in [4.78, 5) is 0. The molecule has 0 bridgehead atoms. The van der Waals surface area contributed by atoms with E-state index in [4.69, 9.17) is 0 Å². The fourth-order valence-corrected chi connectivity index (χ4v) is 1.84. The van der Waals surface area contributed by atoms with Gasteiger partial charge in [0.1, 0.15) is 5.82 Å². The van der Waals surface area contributed by atoms with Crippen LogP contribution in [-0.4, -0.2) is 6.54 Å². The lowest BCUT2D eigenvalue weighted by molar-refractivity contribution is -0.140. The molecular formula is C10H9F4N. The Morgan fingerprint density at radius 1 is 1.20 bits per heavy atom. The second kappa shape index (κ2) is 3.48. The number of fused-ring (bicyclic) bond motifs is 1. The van der Waals surface area contributed by atoms with Crippen molar-refractivity contribution in [2.24, 2.45) is 0 Å². The highest BCUT2D eigenvalue weighted by molar-refractivity contribution is 5.39. The van der Waals surface area contributed by atoms with Crippen LogP contribution in [0, 0.1) is 5.82 Å². The van der Waals surface area contributed by atoms with E-state index >= 15 is 0 Å². The van der Waals surface area contributed by atoms with Crippen molar-refractivity contribution in [2.75, 3.05) is 6.54 Å². The molecule has 0 saturated heterocycles. The molecule has 0 radical (unpaired) electrons. The molecule has 15 heavy (non-hydrogen) atoms. The average Bonchev–Trinajstić information content (AvgIpc) is 2.15. The molecule has 1 heterocycles. The van der Waals surface area contributed by atoms with Crippen molar-refractivity contribution in [1.82, 2.24) is 5.32 Å². The maximum absolute atomic E-state index is 13.1. The topological polar surface area (TPSA) is 12.0 Å². The molecule has 1 aromatic carbocycles. The number of benzene rings is 1. The highest BCUT2D eigenvalue weighted by atomic mass is 19.4. The zero-order valence-electron chi connectivity index (χ0n) is 7.79. The van der Waals surface area contributed by atoms with Gasteiger partial charge in [-0.05, 0) is 30.2 Å². The van der Waals surface area contributed by atoms with Crippen molar-refractivity contribution in [2.45, 2.75) is 19.1 Å². The molecule has 0 spiro atoms. The van der Waals surface area contributed by atoms with E-state index in [0.29, 0.717) is 18.5 Å². The first-order valence-electron chi connectivity index (χ1n) is 4.58. The van der Waals surface area contributed by atoms with Gasteiger partial charge in [0, 0.05) is 6.54 Å². The Kier molecular flexibility index (Phi) is 2.42. The predicted molar refractivity (Wildman–Crippen MR) is 46.8 cm³/mol. The van der Waals surface area contributed by atoms with Crippen LogP contribution in [-0.2, 0) is 19.1 Å². The number of alkyl halides is 3. The van der Waals surface area contributed by atoms with Gasteiger partial charge in [-0.1, -0.05) is 6.07 Å². The summed E-state index contributed by atoms with van der Waals surface area (Å²) in [5.41, 5.74) is -0.483. The standard InChI is InChI=1S/C10H9F4N/c11-8-2-1-6-3-4-15-5-7(6)9(8)10(12,13)14/h1-2,15H,3-5H2. The number of halogens is 4. The van der Waals surface area contributed by atoms with Gasteiger partial charge in [0.15, 0.2) is 0 Å². The molecule has 2 rings (SSSR count). The van der Waals surface area contributed by atoms with Crippen LogP contribution < -0.4 is 5.32 Å². The summed E-state index contributed by atoms with van der Waals surface area (Å²) in [6, 6.07) is 2.33. The van der Waals surface area contributed by atoms with Crippen molar-refractivity contribution >= 4 is 0 Å². The van der Waals surface area contributed by atoms with Crippen molar-refractivity contribution in [3.05, 3.63) is 34.6 Å². The smallest absolute Gasteiger partial charge is 0.312 e. The fraction of sp³-hybridized carbons (Fsp3) is 0.400. The van der Waals surface area contributed by atoms with E-state index in [0.717, 1.165) is 6.07 Å². The molecule has 0 unspecified atom stereocenters. The first-order chi connectivity index (χ1) is 7.00. The third kappa shape index (κ3) is 1.84. The summed E-state index contributed by atoms with van der Waals surface area (Å²) in [5.74, 6) is -1.19. The molecule has 0 atom stereocenters. The molecule has 0 aliphatic carbocycles. The maximum atomic E-state index is 13.1. The van der Waals surface area contributed by atoms with Gasteiger partial charge in [-0.3, -0.25) is 0 Å². The van der Waals surface area contributed by atoms with Crippen LogP contribution in [0.5, 0.6) is 0 Å². The van der Waals surface area contributed by atoms with E-state index in [1.54, 1.807) is 0 Å². The first-order valence-corrected chi connectivity index (χ1v) is 4.58. The number of hydrogen-bond donors (Lipinski definition) is 1. The molecule has 0 fully saturated rings. The summed E-state index contributed by atoms with van der Waals surface area (Å²) in [6.45, 7) is 0.720. The van der Waals surface area contributed by atoms with Crippen LogP contribution in [0.2, 0.25) is 0 Å². The van der Waals surface area contributed by atoms with Crippen LogP contribution in [0.15, 0.2) is 12.1 Å². The fourth-order valence-electron chi connectivity index (χ4n) is 1.84. The second-order valence-electron chi connectivity index (χ2n) is 3.48. The largest absolute Gasteiger partial charge is 0.419 e. The molecular weight excluding hydrogens is 210 g/mol. The number of rotatable bonds is 0. The van der Waals surface area contributed by atoms with E-state index in [1.165, 1.54) is 6.07 Å². The zero-order chi connectivity index (χ0) is 11.1. The SMILES string of the molecule is Fc1ccc2c(c1C(F)(F)F)CNCC2. The quantitative estimate of drug-likeness (QED) is 0.661. The van der Waals surface area contributed by atoms with Crippen LogP contribution in [0.25, 0.3) is 0 Å². The van der Waals surface area contributed by atoms with E-state index in [-0.39, 0.29) is 12.1 Å². The minimum absolute atomic E-state index is 0.0498. The van der Waals surface area contributed by atoms with Gasteiger partial charge in [0.2, 0.25) is 0 Å². The van der Waals surface area contributed by atoms with Crippen LogP contribution in [0.1, 0.15) is 16.7 Å². The summed E-state index contributed by atoms with van der Waals surface area (Å²) < 4.78 is 50.8. The molecule has 1 nitrogen and oxygen atoms in total. The Morgan fingerprint density at radius 3 is 2.60 bits per heavy atom. The Labute approximate surface area is 84.1 Å². The molecule has 1 aromatic rings. The minimum Gasteiger partial charge on any atom is -0.312 e. The van der Waals surface area contributed by atoms with Crippen LogP contribution in [0.4, 0.5) is 17.6 Å². The van der Waals surface area contributed by atoms with Gasteiger partial charge < -0.3 is 5.32 Å². The molecule has 5 heteroatoms. The Balaban J connectivity index is 2.60. The predicted octanol–water partition coefficient (Wildman–Crippen LogP) is 2.49. The van der Waals surface area contributed by atoms with Gasteiger partial charge in [-0.2, -0.15) is 13.2 Å². The van der Waals surface area contributed by atoms with Gasteiger partial charge in [-0.15, -0.1) is 0 Å². The Hall–Kier alpha value is -1.10. The van der Waals surface area contributed by atoms with Crippen molar-refractivity contribution in [3.8, 4) is 0 Å². The number of nitrogens with one attached hydrogen (secondary N) is 1. The summed E-state index contributed by atoms with van der Waals surface area (Å²) in [6.07, 6.45) is -4.10. The summed E-state index contributed by atoms with van der Waals surface area (Å²) >= 11 is 0. The normalized spacial score (nSPS) is 16.3. The van der Waals surface area contributed by atoms with Crippen LogP contribution in [0.3, 0.4) is 0 Å². The van der Waals surface area contributed by atoms with Gasteiger partial charge in [0.05, 0.1) is 5.56 Å². The number of hydrogen-bond acceptors (Lipinski definition) is 1. The molecule has 1 aliphatic rings. The van der Waals surface area contributed by atoms with E-state index < -0.39 is 17.6 Å². The molecule has 0 amide bonds. The lowest BCUT2D eigenvalue weighted by atomic mass is 9.95. The maximum Gasteiger partial charge on any atom is 0.419 e. The minimum atomic E-state index is -4.62. The van der Waals surface area contributed by atoms with Crippen molar-refractivity contribution < 1.29 is 17.6 Å². The van der Waals surface area contributed by atoms with E-state index in [2.05, 4.69) is 5.32 Å². The van der Waals surface area contributed by atoms with E-state index in [9.17, 15) is 17.6 Å². The lowest BCUT2D eigenvalue weighted by Crippen LogP contribution is -2.27. The second-order valence-corrected chi connectivity index (χ2v) is 3.48. The first kappa shape index (κ1) is 10.4. The molecule has 0 aromatic heterocycles. The van der Waals surface area contributed by atoms with Gasteiger partial charge in [0.25, 0.3) is 0 Å². The lowest BCUT2D eigenvalue weighted by Gasteiger charge is -2.22. The van der Waals surface area contributed by atoms with Crippen molar-refractivity contribution in [3.63, 3.8) is 0 Å². The molecule has 1 aliphatic heterocycles.